The minimum atomic E-state index is -0.882. The number of carboxylic acid groups (broad SMARTS) is 1. The largest absolute Gasteiger partial charge is 0.478 e. The molecule has 0 radical (unpaired) electrons. The van der Waals surface area contributed by atoms with Crippen LogP contribution in [-0.2, 0) is 24.2 Å². The van der Waals surface area contributed by atoms with E-state index in [0.717, 1.165) is 35.7 Å². The van der Waals surface area contributed by atoms with Crippen molar-refractivity contribution >= 4 is 23.4 Å². The Balaban J connectivity index is 1.97. The van der Waals surface area contributed by atoms with E-state index in [0.29, 0.717) is 18.5 Å². The van der Waals surface area contributed by atoms with Crippen LogP contribution in [0.25, 0.3) is 6.08 Å². The zero-order valence-electron chi connectivity index (χ0n) is 16.4. The van der Waals surface area contributed by atoms with Crippen molar-refractivity contribution in [2.24, 2.45) is 0 Å². The van der Waals surface area contributed by atoms with Crippen molar-refractivity contribution in [1.29, 1.82) is 0 Å². The third-order valence-electron chi connectivity index (χ3n) is 4.85. The summed E-state index contributed by atoms with van der Waals surface area (Å²) in [5.41, 5.74) is 3.69. The Morgan fingerprint density at radius 3 is 2.75 bits per heavy atom. The number of aryl methyl sites for hydroxylation is 2. The van der Waals surface area contributed by atoms with Crippen molar-refractivity contribution in [2.75, 3.05) is 0 Å². The Bertz CT molecular complexity index is 955. The van der Waals surface area contributed by atoms with Gasteiger partial charge in [-0.3, -0.25) is 0 Å². The van der Waals surface area contributed by atoms with Gasteiger partial charge in [0.1, 0.15) is 5.82 Å². The molecule has 1 N–H and O–H groups in total. The third-order valence-corrected chi connectivity index (χ3v) is 5.73. The van der Waals surface area contributed by atoms with Crippen molar-refractivity contribution < 1.29 is 9.90 Å². The summed E-state index contributed by atoms with van der Waals surface area (Å²) in [5, 5.41) is 11.7. The lowest BCUT2D eigenvalue weighted by molar-refractivity contribution is -0.132. The van der Waals surface area contributed by atoms with E-state index in [9.17, 15) is 9.90 Å². The highest BCUT2D eigenvalue weighted by molar-refractivity contribution is 7.09. The number of carboxylic acids is 1. The van der Waals surface area contributed by atoms with Crippen LogP contribution in [0, 0.1) is 6.92 Å². The molecule has 0 aliphatic heterocycles. The first kappa shape index (κ1) is 20.1. The smallest absolute Gasteiger partial charge is 0.332 e. The highest BCUT2D eigenvalue weighted by Gasteiger charge is 2.14. The number of aliphatic carboxylic acids is 1. The number of nitrogens with zero attached hydrogens (tertiary/aromatic N) is 2. The van der Waals surface area contributed by atoms with Crippen LogP contribution >= 0.6 is 11.3 Å². The lowest BCUT2D eigenvalue weighted by Gasteiger charge is -2.13. The summed E-state index contributed by atoms with van der Waals surface area (Å²) in [7, 11) is 0. The summed E-state index contributed by atoms with van der Waals surface area (Å²) in [5.74, 6) is 0.129. The van der Waals surface area contributed by atoms with Crippen LogP contribution < -0.4 is 0 Å². The molecule has 0 fully saturated rings. The molecule has 0 saturated heterocycles. The molecule has 1 aromatic carbocycles. The van der Waals surface area contributed by atoms with E-state index < -0.39 is 5.97 Å². The normalized spacial score (nSPS) is 11.7. The first-order chi connectivity index (χ1) is 13.6. The predicted molar refractivity (Wildman–Crippen MR) is 115 cm³/mol. The number of thiophene rings is 1. The maximum atomic E-state index is 11.8. The highest BCUT2D eigenvalue weighted by Crippen LogP contribution is 2.20. The van der Waals surface area contributed by atoms with E-state index in [1.807, 2.05) is 29.6 Å². The molecule has 2 heterocycles. The molecule has 0 spiro atoms. The first-order valence-corrected chi connectivity index (χ1v) is 10.5. The summed E-state index contributed by atoms with van der Waals surface area (Å²) in [6.07, 6.45) is 7.07. The van der Waals surface area contributed by atoms with Gasteiger partial charge in [-0.05, 0) is 42.0 Å². The quantitative estimate of drug-likeness (QED) is 0.497. The van der Waals surface area contributed by atoms with Gasteiger partial charge in [0, 0.05) is 29.8 Å². The van der Waals surface area contributed by atoms with Gasteiger partial charge in [0.05, 0.1) is 11.9 Å². The maximum Gasteiger partial charge on any atom is 0.332 e. The summed E-state index contributed by atoms with van der Waals surface area (Å²) in [6, 6.07) is 12.2. The predicted octanol–water partition coefficient (Wildman–Crippen LogP) is 5.35. The molecule has 2 aromatic heterocycles. The van der Waals surface area contributed by atoms with E-state index in [1.54, 1.807) is 23.6 Å². The fraction of sp³-hybridized carbons (Fsp3) is 0.304. The summed E-state index contributed by atoms with van der Waals surface area (Å²) >= 11 is 1.58. The van der Waals surface area contributed by atoms with Crippen molar-refractivity contribution in [3.63, 3.8) is 0 Å². The van der Waals surface area contributed by atoms with Gasteiger partial charge in [-0.1, -0.05) is 43.7 Å². The molecule has 4 nitrogen and oxygen atoms in total. The average molecular weight is 395 g/mol. The van der Waals surface area contributed by atoms with Crippen molar-refractivity contribution in [3.05, 3.63) is 81.1 Å². The molecular weight excluding hydrogens is 368 g/mol. The van der Waals surface area contributed by atoms with Crippen LogP contribution in [0.15, 0.2) is 53.5 Å². The van der Waals surface area contributed by atoms with Gasteiger partial charge in [-0.15, -0.1) is 11.3 Å². The van der Waals surface area contributed by atoms with Gasteiger partial charge >= 0.3 is 5.97 Å². The third kappa shape index (κ3) is 4.98. The van der Waals surface area contributed by atoms with Crippen LogP contribution in [0.5, 0.6) is 0 Å². The summed E-state index contributed by atoms with van der Waals surface area (Å²) in [4.78, 5) is 17.5. The SMILES string of the molecule is CCCCc1ncc(/C=C(\Cc2cccs2)C(=O)O)n1Cc1ccccc1C. The van der Waals surface area contributed by atoms with Gasteiger partial charge in [0.15, 0.2) is 0 Å². The molecule has 0 unspecified atom stereocenters. The maximum absolute atomic E-state index is 11.8. The molecule has 0 amide bonds. The van der Waals surface area contributed by atoms with Crippen LogP contribution in [0.3, 0.4) is 0 Å². The average Bonchev–Trinajstić information content (AvgIpc) is 3.32. The standard InChI is InChI=1S/C23H26N2O2S/c1-3-4-11-22-24-15-20(25(22)16-18-9-6-5-8-17(18)2)13-19(23(26)27)14-21-10-7-12-28-21/h5-10,12-13,15H,3-4,11,14,16H2,1-2H3,(H,26,27)/b19-13+. The molecule has 3 rings (SSSR count). The number of imidazole rings is 1. The second kappa shape index (κ2) is 9.51. The molecule has 0 atom stereocenters. The van der Waals surface area contributed by atoms with E-state index >= 15 is 0 Å². The molecule has 0 aliphatic carbocycles. The zero-order chi connectivity index (χ0) is 19.9. The van der Waals surface area contributed by atoms with Gasteiger partial charge in [0.2, 0.25) is 0 Å². The van der Waals surface area contributed by atoms with Gasteiger partial charge < -0.3 is 9.67 Å². The Hall–Kier alpha value is -2.66. The fourth-order valence-electron chi connectivity index (χ4n) is 3.19. The Morgan fingerprint density at radius 1 is 1.25 bits per heavy atom. The fourth-order valence-corrected chi connectivity index (χ4v) is 3.91. The van der Waals surface area contributed by atoms with Crippen molar-refractivity contribution in [3.8, 4) is 0 Å². The lowest BCUT2D eigenvalue weighted by atomic mass is 10.1. The number of hydrogen-bond acceptors (Lipinski definition) is 3. The Kier molecular flexibility index (Phi) is 6.82. The summed E-state index contributed by atoms with van der Waals surface area (Å²) in [6.45, 7) is 4.97. The van der Waals surface area contributed by atoms with Crippen LogP contribution in [0.4, 0.5) is 0 Å². The van der Waals surface area contributed by atoms with E-state index in [4.69, 9.17) is 0 Å². The number of unbranched alkanes of at least 4 members (excludes halogenated alkanes) is 1. The van der Waals surface area contributed by atoms with E-state index in [1.165, 1.54) is 11.1 Å². The highest BCUT2D eigenvalue weighted by atomic mass is 32.1. The summed E-state index contributed by atoms with van der Waals surface area (Å²) < 4.78 is 2.16. The molecule has 0 aliphatic rings. The minimum absolute atomic E-state index is 0.385. The van der Waals surface area contributed by atoms with Crippen molar-refractivity contribution in [1.82, 2.24) is 9.55 Å². The minimum Gasteiger partial charge on any atom is -0.478 e. The van der Waals surface area contributed by atoms with Gasteiger partial charge in [-0.2, -0.15) is 0 Å². The second-order valence-corrected chi connectivity index (χ2v) is 7.98. The molecule has 0 saturated carbocycles. The van der Waals surface area contributed by atoms with E-state index in [-0.39, 0.29) is 0 Å². The lowest BCUT2D eigenvalue weighted by Crippen LogP contribution is -2.10. The van der Waals surface area contributed by atoms with Crippen molar-refractivity contribution in [2.45, 2.75) is 46.1 Å². The molecule has 0 bridgehead atoms. The van der Waals surface area contributed by atoms with Crippen LogP contribution in [-0.4, -0.2) is 20.6 Å². The van der Waals surface area contributed by atoms with E-state index in [2.05, 4.69) is 35.5 Å². The molecule has 146 valence electrons. The van der Waals surface area contributed by atoms with Gasteiger partial charge in [-0.25, -0.2) is 9.78 Å². The number of benzene rings is 1. The number of aromatic nitrogens is 2. The number of carbonyl (C=O) groups is 1. The van der Waals surface area contributed by atoms with Crippen LogP contribution in [0.1, 0.15) is 47.3 Å². The number of rotatable bonds is 9. The zero-order valence-corrected chi connectivity index (χ0v) is 17.2. The molecule has 28 heavy (non-hydrogen) atoms. The molecule has 5 heteroatoms. The van der Waals surface area contributed by atoms with Crippen LogP contribution in [0.2, 0.25) is 0 Å². The monoisotopic (exact) mass is 394 g/mol. The second-order valence-electron chi connectivity index (χ2n) is 6.95. The topological polar surface area (TPSA) is 55.1 Å². The molecule has 3 aromatic rings. The Labute approximate surface area is 170 Å². The Morgan fingerprint density at radius 2 is 2.07 bits per heavy atom. The first-order valence-electron chi connectivity index (χ1n) is 9.63. The number of hydrogen-bond donors (Lipinski definition) is 1. The molecular formula is C23H26N2O2S. The van der Waals surface area contributed by atoms with Gasteiger partial charge in [0.25, 0.3) is 0 Å².